The summed E-state index contributed by atoms with van der Waals surface area (Å²) in [6.45, 7) is 8.33. The van der Waals surface area contributed by atoms with Crippen molar-refractivity contribution in [3.8, 4) is 11.4 Å². The van der Waals surface area contributed by atoms with Crippen molar-refractivity contribution in [1.82, 2.24) is 24.0 Å². The minimum Gasteiger partial charge on any atom is -0.338 e. The second kappa shape index (κ2) is 8.95. The molecule has 4 rings (SSSR count). The summed E-state index contributed by atoms with van der Waals surface area (Å²) >= 11 is 0. The molecule has 11 heteroatoms. The summed E-state index contributed by atoms with van der Waals surface area (Å²) < 4.78 is 34.1. The minimum atomic E-state index is -3.66. The van der Waals surface area contributed by atoms with Gasteiger partial charge in [0, 0.05) is 48.9 Å². The molecule has 0 radical (unpaired) electrons. The van der Waals surface area contributed by atoms with Gasteiger partial charge in [0.05, 0.1) is 0 Å². The van der Waals surface area contributed by atoms with E-state index in [9.17, 15) is 13.2 Å². The van der Waals surface area contributed by atoms with Crippen LogP contribution in [0.25, 0.3) is 11.4 Å². The highest BCUT2D eigenvalue weighted by molar-refractivity contribution is 7.89. The molecule has 34 heavy (non-hydrogen) atoms. The molecule has 1 aromatic carbocycles. The van der Waals surface area contributed by atoms with Crippen molar-refractivity contribution in [2.75, 3.05) is 18.4 Å². The number of nitrogens with zero attached hydrogens (tertiary/aromatic N) is 5. The largest absolute Gasteiger partial charge is 0.338 e. The average molecular weight is 487 g/mol. The first-order chi connectivity index (χ1) is 15.9. The molecule has 1 N–H and O–H groups in total. The first kappa shape index (κ1) is 24.1. The van der Waals surface area contributed by atoms with Crippen molar-refractivity contribution >= 4 is 21.6 Å². The van der Waals surface area contributed by atoms with Crippen LogP contribution >= 0.6 is 0 Å². The molecule has 0 saturated carbocycles. The van der Waals surface area contributed by atoms with Crippen LogP contribution in [0.2, 0.25) is 0 Å². The third-order valence-corrected chi connectivity index (χ3v) is 7.76. The van der Waals surface area contributed by atoms with Crippen LogP contribution in [0.3, 0.4) is 0 Å². The number of carbonyl (C=O) groups is 1. The number of aryl methyl sites for hydroxylation is 2. The van der Waals surface area contributed by atoms with Crippen molar-refractivity contribution in [3.05, 3.63) is 42.2 Å². The van der Waals surface area contributed by atoms with Crippen LogP contribution in [0.4, 0.5) is 5.69 Å². The predicted octanol–water partition coefficient (Wildman–Crippen LogP) is 3.12. The predicted molar refractivity (Wildman–Crippen MR) is 126 cm³/mol. The number of hydrogen-bond acceptors (Lipinski definition) is 7. The number of benzene rings is 1. The van der Waals surface area contributed by atoms with Gasteiger partial charge in [0.2, 0.25) is 17.6 Å². The molecule has 1 saturated heterocycles. The van der Waals surface area contributed by atoms with Crippen molar-refractivity contribution < 1.29 is 17.7 Å². The van der Waals surface area contributed by atoms with Crippen molar-refractivity contribution in [1.29, 1.82) is 0 Å². The molecule has 1 aliphatic rings. The number of sulfonamides is 1. The first-order valence-corrected chi connectivity index (χ1v) is 12.6. The molecular formula is C23H30N6O4S. The highest BCUT2D eigenvalue weighted by Gasteiger charge is 2.33. The molecule has 1 amide bonds. The first-order valence-electron chi connectivity index (χ1n) is 11.2. The van der Waals surface area contributed by atoms with Crippen molar-refractivity contribution in [2.45, 2.75) is 51.0 Å². The lowest BCUT2D eigenvalue weighted by Crippen LogP contribution is -2.41. The Morgan fingerprint density at radius 1 is 1.12 bits per heavy atom. The maximum absolute atomic E-state index is 12.9. The van der Waals surface area contributed by atoms with E-state index in [1.165, 1.54) is 10.5 Å². The molecule has 182 valence electrons. The molecule has 1 fully saturated rings. The minimum absolute atomic E-state index is 0.0479. The quantitative estimate of drug-likeness (QED) is 0.588. The molecule has 0 unspecified atom stereocenters. The van der Waals surface area contributed by atoms with E-state index in [1.54, 1.807) is 30.7 Å². The Kier molecular flexibility index (Phi) is 6.34. The zero-order valence-electron chi connectivity index (χ0n) is 20.1. The lowest BCUT2D eigenvalue weighted by molar-refractivity contribution is -0.120. The summed E-state index contributed by atoms with van der Waals surface area (Å²) in [6.07, 6.45) is 2.42. The SMILES string of the molecule is Cc1nc(S(=O)(=O)N2CCC(C(=O)Nc3ccc(-c4noc(C(C)(C)C)n4)cc3)CC2)cn1C. The van der Waals surface area contributed by atoms with Crippen LogP contribution in [0.1, 0.15) is 45.3 Å². The number of aromatic nitrogens is 4. The summed E-state index contributed by atoms with van der Waals surface area (Å²) in [4.78, 5) is 21.4. The zero-order valence-corrected chi connectivity index (χ0v) is 20.9. The summed E-state index contributed by atoms with van der Waals surface area (Å²) in [5.41, 5.74) is 1.22. The third kappa shape index (κ3) is 4.90. The number of rotatable bonds is 5. The lowest BCUT2D eigenvalue weighted by atomic mass is 9.97. The van der Waals surface area contributed by atoms with Gasteiger partial charge in [0.1, 0.15) is 5.82 Å². The standard InChI is InChI=1S/C23H30N6O4S/c1-15-24-19(14-28(15)5)34(31,32)29-12-10-17(11-13-29)21(30)25-18-8-6-16(7-9-18)20-26-22(33-27-20)23(2,3)4/h6-9,14,17H,10-13H2,1-5H3,(H,25,30). The van der Waals surface area contributed by atoms with Crippen LogP contribution in [-0.4, -0.2) is 51.4 Å². The van der Waals surface area contributed by atoms with E-state index >= 15 is 0 Å². The Morgan fingerprint density at radius 2 is 1.76 bits per heavy atom. The number of hydrogen-bond donors (Lipinski definition) is 1. The van der Waals surface area contributed by atoms with Crippen LogP contribution in [-0.2, 0) is 27.3 Å². The normalized spacial score (nSPS) is 16.0. The molecule has 1 aliphatic heterocycles. The fourth-order valence-electron chi connectivity index (χ4n) is 3.73. The average Bonchev–Trinajstić information content (AvgIpc) is 3.42. The topological polar surface area (TPSA) is 123 Å². The van der Waals surface area contributed by atoms with Crippen LogP contribution in [0.5, 0.6) is 0 Å². The Bertz CT molecular complexity index is 1260. The van der Waals surface area contributed by atoms with Crippen molar-refractivity contribution in [2.24, 2.45) is 13.0 Å². The van der Waals surface area contributed by atoms with E-state index in [4.69, 9.17) is 4.52 Å². The van der Waals surface area contributed by atoms with Gasteiger partial charge in [-0.3, -0.25) is 4.79 Å². The Morgan fingerprint density at radius 3 is 2.29 bits per heavy atom. The fourth-order valence-corrected chi connectivity index (χ4v) is 5.23. The number of nitrogens with one attached hydrogen (secondary N) is 1. The van der Waals surface area contributed by atoms with Gasteiger partial charge in [-0.25, -0.2) is 13.4 Å². The summed E-state index contributed by atoms with van der Waals surface area (Å²) in [7, 11) is -1.90. The van der Waals surface area contributed by atoms with E-state index in [-0.39, 0.29) is 35.4 Å². The summed E-state index contributed by atoms with van der Waals surface area (Å²) in [5, 5.41) is 7.02. The van der Waals surface area contributed by atoms with E-state index < -0.39 is 10.0 Å². The summed E-state index contributed by atoms with van der Waals surface area (Å²) in [6, 6.07) is 7.25. The van der Waals surface area contributed by atoms with Crippen LogP contribution in [0, 0.1) is 12.8 Å². The third-order valence-electron chi connectivity index (χ3n) is 5.99. The van der Waals surface area contributed by atoms with Gasteiger partial charge in [-0.05, 0) is 44.0 Å². The molecule has 0 spiro atoms. The molecule has 0 atom stereocenters. The molecule has 3 aromatic rings. The molecular weight excluding hydrogens is 456 g/mol. The second-order valence-electron chi connectivity index (χ2n) is 9.66. The van der Waals surface area contributed by atoms with E-state index in [0.29, 0.717) is 36.1 Å². The monoisotopic (exact) mass is 486 g/mol. The van der Waals surface area contributed by atoms with Gasteiger partial charge in [0.15, 0.2) is 5.03 Å². The Labute approximate surface area is 199 Å². The highest BCUT2D eigenvalue weighted by atomic mass is 32.2. The maximum atomic E-state index is 12.9. The Balaban J connectivity index is 1.35. The van der Waals surface area contributed by atoms with E-state index in [2.05, 4.69) is 20.4 Å². The highest BCUT2D eigenvalue weighted by Crippen LogP contribution is 2.27. The molecule has 3 heterocycles. The fraction of sp³-hybridized carbons (Fsp3) is 0.478. The maximum Gasteiger partial charge on any atom is 0.262 e. The van der Waals surface area contributed by atoms with E-state index in [1.807, 2.05) is 32.9 Å². The second-order valence-corrected chi connectivity index (χ2v) is 11.5. The van der Waals surface area contributed by atoms with Gasteiger partial charge in [-0.2, -0.15) is 9.29 Å². The molecule has 10 nitrogen and oxygen atoms in total. The zero-order chi connectivity index (χ0) is 24.7. The number of imidazole rings is 1. The number of carbonyl (C=O) groups excluding carboxylic acids is 1. The van der Waals surface area contributed by atoms with Crippen LogP contribution in [0.15, 0.2) is 40.0 Å². The number of anilines is 1. The molecule has 2 aromatic heterocycles. The summed E-state index contributed by atoms with van der Waals surface area (Å²) in [5.74, 6) is 1.31. The smallest absolute Gasteiger partial charge is 0.262 e. The Hall–Kier alpha value is -3.05. The number of piperidine rings is 1. The number of amides is 1. The van der Waals surface area contributed by atoms with Gasteiger partial charge in [-0.15, -0.1) is 0 Å². The van der Waals surface area contributed by atoms with Gasteiger partial charge < -0.3 is 14.4 Å². The van der Waals surface area contributed by atoms with E-state index in [0.717, 1.165) is 5.56 Å². The lowest BCUT2D eigenvalue weighted by Gasteiger charge is -2.29. The van der Waals surface area contributed by atoms with Crippen molar-refractivity contribution in [3.63, 3.8) is 0 Å². The van der Waals surface area contributed by atoms with Gasteiger partial charge >= 0.3 is 0 Å². The molecule has 0 aliphatic carbocycles. The van der Waals surface area contributed by atoms with Gasteiger partial charge in [0.25, 0.3) is 10.0 Å². The molecule has 0 bridgehead atoms. The van der Waals surface area contributed by atoms with Gasteiger partial charge in [-0.1, -0.05) is 25.9 Å². The van der Waals surface area contributed by atoms with Crippen LogP contribution < -0.4 is 5.32 Å².